The molecule has 1 atom stereocenters. The number of ether oxygens (including phenoxy) is 1. The van der Waals surface area contributed by atoms with Crippen LogP contribution in [0.3, 0.4) is 0 Å². The molecule has 1 aromatic heterocycles. The monoisotopic (exact) mass is 284 g/mol. The number of nitrogens with zero attached hydrogens (tertiary/aromatic N) is 2. The maximum atomic E-state index is 12.0. The van der Waals surface area contributed by atoms with Crippen LogP contribution in [-0.4, -0.2) is 41.7 Å². The molecule has 1 saturated heterocycles. The molecule has 6 heteroatoms. The first-order valence-corrected chi connectivity index (χ1v) is 6.83. The van der Waals surface area contributed by atoms with Crippen molar-refractivity contribution in [2.45, 2.75) is 6.10 Å². The smallest absolute Gasteiger partial charge is 0.254 e. The maximum Gasteiger partial charge on any atom is 0.254 e. The van der Waals surface area contributed by atoms with Crippen LogP contribution in [0.5, 0.6) is 0 Å². The van der Waals surface area contributed by atoms with Gasteiger partial charge in [-0.2, -0.15) is 0 Å². The predicted octanol–water partition coefficient (Wildman–Crippen LogP) is 1.07. The number of morpholine rings is 1. The van der Waals surface area contributed by atoms with Gasteiger partial charge in [-0.25, -0.2) is 9.97 Å². The number of carbonyl (C=O) groups is 1. The molecule has 1 amide bonds. The molecule has 0 aliphatic carbocycles. The van der Waals surface area contributed by atoms with Crippen molar-refractivity contribution in [2.75, 3.05) is 25.0 Å². The summed E-state index contributed by atoms with van der Waals surface area (Å²) in [5, 5.41) is 5.88. The number of aromatic nitrogens is 2. The van der Waals surface area contributed by atoms with E-state index in [1.54, 1.807) is 12.4 Å². The van der Waals surface area contributed by atoms with Gasteiger partial charge in [0.1, 0.15) is 6.10 Å². The van der Waals surface area contributed by atoms with Crippen LogP contribution >= 0.6 is 0 Å². The van der Waals surface area contributed by atoms with E-state index in [2.05, 4.69) is 20.6 Å². The summed E-state index contributed by atoms with van der Waals surface area (Å²) >= 11 is 0. The van der Waals surface area contributed by atoms with Crippen LogP contribution in [0.25, 0.3) is 11.4 Å². The van der Waals surface area contributed by atoms with Crippen molar-refractivity contribution in [3.63, 3.8) is 0 Å². The predicted molar refractivity (Wildman–Crippen MR) is 78.7 cm³/mol. The Kier molecular flexibility index (Phi) is 4.18. The van der Waals surface area contributed by atoms with Gasteiger partial charge in [0.25, 0.3) is 5.91 Å². The third kappa shape index (κ3) is 3.42. The van der Waals surface area contributed by atoms with E-state index < -0.39 is 6.10 Å². The summed E-state index contributed by atoms with van der Waals surface area (Å²) in [5.41, 5.74) is 1.50. The molecule has 0 saturated carbocycles. The summed E-state index contributed by atoms with van der Waals surface area (Å²) in [7, 11) is 0. The third-order valence-electron chi connectivity index (χ3n) is 3.17. The van der Waals surface area contributed by atoms with Crippen LogP contribution in [0, 0.1) is 0 Å². The molecule has 3 rings (SSSR count). The van der Waals surface area contributed by atoms with Crippen LogP contribution in [-0.2, 0) is 9.53 Å². The summed E-state index contributed by atoms with van der Waals surface area (Å²) in [4.78, 5) is 20.5. The van der Waals surface area contributed by atoms with Gasteiger partial charge in [-0.15, -0.1) is 0 Å². The number of amides is 1. The van der Waals surface area contributed by atoms with Crippen LogP contribution in [0.4, 0.5) is 5.69 Å². The quantitative estimate of drug-likeness (QED) is 0.881. The van der Waals surface area contributed by atoms with Crippen LogP contribution in [0.2, 0.25) is 0 Å². The van der Waals surface area contributed by atoms with Gasteiger partial charge in [-0.05, 0) is 0 Å². The molecule has 21 heavy (non-hydrogen) atoms. The van der Waals surface area contributed by atoms with E-state index in [0.29, 0.717) is 24.7 Å². The minimum absolute atomic E-state index is 0.182. The minimum atomic E-state index is -0.465. The van der Waals surface area contributed by atoms with E-state index in [1.807, 2.05) is 30.3 Å². The number of nitrogens with one attached hydrogen (secondary N) is 2. The molecular formula is C15H16N4O2. The lowest BCUT2D eigenvalue weighted by Gasteiger charge is -2.22. The van der Waals surface area contributed by atoms with Crippen molar-refractivity contribution < 1.29 is 9.53 Å². The van der Waals surface area contributed by atoms with E-state index in [4.69, 9.17) is 4.74 Å². The summed E-state index contributed by atoms with van der Waals surface area (Å²) in [6.07, 6.45) is 2.74. The molecule has 1 fully saturated rings. The molecule has 0 bridgehead atoms. The topological polar surface area (TPSA) is 76.1 Å². The molecule has 108 valence electrons. The Morgan fingerprint density at radius 2 is 2.00 bits per heavy atom. The summed E-state index contributed by atoms with van der Waals surface area (Å²) in [5.74, 6) is 0.447. The SMILES string of the molecule is O=C(Nc1cnc(-c2ccccc2)nc1)C1CNCCO1. The van der Waals surface area contributed by atoms with E-state index in [-0.39, 0.29) is 5.91 Å². The zero-order chi connectivity index (χ0) is 14.5. The van der Waals surface area contributed by atoms with Gasteiger partial charge in [-0.1, -0.05) is 30.3 Å². The Labute approximate surface area is 122 Å². The summed E-state index contributed by atoms with van der Waals surface area (Å²) in [6.45, 7) is 1.84. The zero-order valence-corrected chi connectivity index (χ0v) is 11.5. The first-order chi connectivity index (χ1) is 10.3. The third-order valence-corrected chi connectivity index (χ3v) is 3.17. The molecule has 2 N–H and O–H groups in total. The summed E-state index contributed by atoms with van der Waals surface area (Å²) < 4.78 is 5.39. The van der Waals surface area contributed by atoms with Crippen molar-refractivity contribution in [3.05, 3.63) is 42.7 Å². The number of anilines is 1. The highest BCUT2D eigenvalue weighted by molar-refractivity contribution is 5.94. The molecule has 0 spiro atoms. The molecule has 1 unspecified atom stereocenters. The largest absolute Gasteiger partial charge is 0.366 e. The van der Waals surface area contributed by atoms with Crippen molar-refractivity contribution in [2.24, 2.45) is 0 Å². The second-order valence-corrected chi connectivity index (χ2v) is 4.71. The van der Waals surface area contributed by atoms with Gasteiger partial charge in [0.05, 0.1) is 24.7 Å². The molecule has 0 radical (unpaired) electrons. The van der Waals surface area contributed by atoms with Crippen LogP contribution in [0.1, 0.15) is 0 Å². The zero-order valence-electron chi connectivity index (χ0n) is 11.5. The lowest BCUT2D eigenvalue weighted by Crippen LogP contribution is -2.45. The van der Waals surface area contributed by atoms with Gasteiger partial charge in [0, 0.05) is 18.7 Å². The molecule has 1 aliphatic heterocycles. The van der Waals surface area contributed by atoms with E-state index >= 15 is 0 Å². The van der Waals surface area contributed by atoms with Gasteiger partial charge >= 0.3 is 0 Å². The van der Waals surface area contributed by atoms with Gasteiger partial charge < -0.3 is 15.4 Å². The fourth-order valence-corrected chi connectivity index (χ4v) is 2.09. The van der Waals surface area contributed by atoms with E-state index in [9.17, 15) is 4.79 Å². The van der Waals surface area contributed by atoms with Crippen molar-refractivity contribution in [1.82, 2.24) is 15.3 Å². The first kappa shape index (κ1) is 13.7. The highest BCUT2D eigenvalue weighted by atomic mass is 16.5. The van der Waals surface area contributed by atoms with Crippen molar-refractivity contribution in [1.29, 1.82) is 0 Å². The fourth-order valence-electron chi connectivity index (χ4n) is 2.09. The van der Waals surface area contributed by atoms with Gasteiger partial charge in [0.2, 0.25) is 0 Å². The highest BCUT2D eigenvalue weighted by Crippen LogP contribution is 2.15. The highest BCUT2D eigenvalue weighted by Gasteiger charge is 2.21. The van der Waals surface area contributed by atoms with Gasteiger partial charge in [-0.3, -0.25) is 4.79 Å². The number of carbonyl (C=O) groups excluding carboxylic acids is 1. The van der Waals surface area contributed by atoms with Crippen molar-refractivity contribution in [3.8, 4) is 11.4 Å². The second-order valence-electron chi connectivity index (χ2n) is 4.71. The summed E-state index contributed by atoms with van der Waals surface area (Å²) in [6, 6.07) is 9.68. The van der Waals surface area contributed by atoms with E-state index in [1.165, 1.54) is 0 Å². The number of benzene rings is 1. The molecular weight excluding hydrogens is 268 g/mol. The van der Waals surface area contributed by atoms with Crippen LogP contribution in [0.15, 0.2) is 42.7 Å². The molecule has 1 aromatic carbocycles. The Morgan fingerprint density at radius 1 is 1.24 bits per heavy atom. The molecule has 2 aromatic rings. The number of hydrogen-bond donors (Lipinski definition) is 2. The number of hydrogen-bond acceptors (Lipinski definition) is 5. The standard InChI is InChI=1S/C15H16N4O2/c20-15(13-10-16-6-7-21-13)19-12-8-17-14(18-9-12)11-4-2-1-3-5-11/h1-5,8-9,13,16H,6-7,10H2,(H,19,20). The average Bonchev–Trinajstić information content (AvgIpc) is 2.57. The molecule has 2 heterocycles. The number of rotatable bonds is 3. The first-order valence-electron chi connectivity index (χ1n) is 6.83. The van der Waals surface area contributed by atoms with E-state index in [0.717, 1.165) is 12.1 Å². The Balaban J connectivity index is 1.65. The van der Waals surface area contributed by atoms with Gasteiger partial charge in [0.15, 0.2) is 5.82 Å². The molecule has 6 nitrogen and oxygen atoms in total. The lowest BCUT2D eigenvalue weighted by atomic mass is 10.2. The second kappa shape index (κ2) is 6.43. The average molecular weight is 284 g/mol. The Morgan fingerprint density at radius 3 is 2.67 bits per heavy atom. The fraction of sp³-hybridized carbons (Fsp3) is 0.267. The maximum absolute atomic E-state index is 12.0. The lowest BCUT2D eigenvalue weighted by molar-refractivity contribution is -0.128. The normalized spacial score (nSPS) is 18.2. The van der Waals surface area contributed by atoms with Crippen molar-refractivity contribution >= 4 is 11.6 Å². The Bertz CT molecular complexity index is 595. The van der Waals surface area contributed by atoms with Crippen LogP contribution < -0.4 is 10.6 Å². The minimum Gasteiger partial charge on any atom is -0.366 e. The molecule has 1 aliphatic rings. The Hall–Kier alpha value is -2.31.